The predicted octanol–water partition coefficient (Wildman–Crippen LogP) is 3.72. The quantitative estimate of drug-likeness (QED) is 0.860. The van der Waals surface area contributed by atoms with Crippen molar-refractivity contribution in [1.29, 1.82) is 0 Å². The first-order chi connectivity index (χ1) is 9.45. The summed E-state index contributed by atoms with van der Waals surface area (Å²) in [6.07, 6.45) is -0.0537. The van der Waals surface area contributed by atoms with E-state index in [0.29, 0.717) is 5.75 Å². The van der Waals surface area contributed by atoms with Crippen LogP contribution in [0.4, 0.5) is 0 Å². The van der Waals surface area contributed by atoms with Gasteiger partial charge in [-0.3, -0.25) is 0 Å². The summed E-state index contributed by atoms with van der Waals surface area (Å²) in [6.45, 7) is 7.74. The summed E-state index contributed by atoms with van der Waals surface area (Å²) in [4.78, 5) is 11.9. The van der Waals surface area contributed by atoms with Crippen molar-refractivity contribution in [3.63, 3.8) is 0 Å². The van der Waals surface area contributed by atoms with Crippen molar-refractivity contribution >= 4 is 11.6 Å². The van der Waals surface area contributed by atoms with Crippen LogP contribution in [-0.2, 0) is 0 Å². The average molecular weight is 294 g/mol. The molecular weight excluding hydrogens is 278 g/mol. The zero-order chi connectivity index (χ0) is 14.7. The Morgan fingerprint density at radius 2 is 1.75 bits per heavy atom. The molecule has 0 spiro atoms. The van der Waals surface area contributed by atoms with Gasteiger partial charge < -0.3 is 9.47 Å². The Bertz CT molecular complexity index is 617. The van der Waals surface area contributed by atoms with Crippen molar-refractivity contribution < 1.29 is 9.47 Å². The molecule has 0 amide bonds. The van der Waals surface area contributed by atoms with Crippen LogP contribution in [0.15, 0.2) is 18.2 Å². The van der Waals surface area contributed by atoms with Crippen LogP contribution >= 0.6 is 11.6 Å². The Morgan fingerprint density at radius 3 is 2.45 bits per heavy atom. The van der Waals surface area contributed by atoms with Gasteiger partial charge in [0, 0.05) is 0 Å². The van der Waals surface area contributed by atoms with Gasteiger partial charge in [-0.15, -0.1) is 4.98 Å². The van der Waals surface area contributed by atoms with Gasteiger partial charge in [-0.25, -0.2) is 0 Å². The molecule has 6 heteroatoms. The highest BCUT2D eigenvalue weighted by Gasteiger charge is 2.11. The summed E-state index contributed by atoms with van der Waals surface area (Å²) in [7, 11) is 0. The molecule has 0 unspecified atom stereocenters. The molecule has 2 aromatic rings. The van der Waals surface area contributed by atoms with Crippen molar-refractivity contribution in [3.05, 3.63) is 34.6 Å². The molecule has 0 fully saturated rings. The number of ether oxygens (including phenoxy) is 2. The highest BCUT2D eigenvalue weighted by Crippen LogP contribution is 2.26. The Labute approximate surface area is 123 Å². The van der Waals surface area contributed by atoms with Crippen LogP contribution in [0.25, 0.3) is 0 Å². The molecule has 20 heavy (non-hydrogen) atoms. The van der Waals surface area contributed by atoms with E-state index in [1.54, 1.807) is 0 Å². The fourth-order valence-electron chi connectivity index (χ4n) is 1.56. The van der Waals surface area contributed by atoms with Crippen LogP contribution in [0.5, 0.6) is 17.8 Å². The Morgan fingerprint density at radius 1 is 1.05 bits per heavy atom. The van der Waals surface area contributed by atoms with Crippen molar-refractivity contribution in [1.82, 2.24) is 15.0 Å². The molecule has 106 valence electrons. The molecule has 0 radical (unpaired) electrons. The van der Waals surface area contributed by atoms with E-state index in [2.05, 4.69) is 15.0 Å². The highest BCUT2D eigenvalue weighted by atomic mass is 35.5. The molecule has 0 N–H and O–H groups in total. The lowest BCUT2D eigenvalue weighted by Crippen LogP contribution is -2.09. The first-order valence-corrected chi connectivity index (χ1v) is 6.66. The lowest BCUT2D eigenvalue weighted by molar-refractivity contribution is 0.218. The monoisotopic (exact) mass is 293 g/mol. The van der Waals surface area contributed by atoms with Gasteiger partial charge in [0.1, 0.15) is 5.75 Å². The lowest BCUT2D eigenvalue weighted by atomic mass is 10.1. The van der Waals surface area contributed by atoms with Gasteiger partial charge in [-0.1, -0.05) is 12.1 Å². The molecule has 2 rings (SSSR count). The normalized spacial score (nSPS) is 10.7. The Hall–Kier alpha value is -1.88. The molecule has 1 heterocycles. The zero-order valence-corrected chi connectivity index (χ0v) is 12.6. The van der Waals surface area contributed by atoms with Crippen LogP contribution in [0.2, 0.25) is 5.28 Å². The summed E-state index contributed by atoms with van der Waals surface area (Å²) in [5.74, 6) is 0.683. The van der Waals surface area contributed by atoms with E-state index in [4.69, 9.17) is 21.1 Å². The minimum Gasteiger partial charge on any atom is -0.461 e. The molecule has 0 bridgehead atoms. The summed E-state index contributed by atoms with van der Waals surface area (Å²) in [5.41, 5.74) is 2.15. The van der Waals surface area contributed by atoms with E-state index < -0.39 is 0 Å². The molecule has 0 aliphatic heterocycles. The SMILES string of the molecule is Cc1cccc(Oc2nc(Cl)nc(OC(C)C)n2)c1C. The zero-order valence-electron chi connectivity index (χ0n) is 11.8. The molecule has 1 aromatic heterocycles. The second-order valence-corrected chi connectivity index (χ2v) is 4.97. The molecule has 1 aromatic carbocycles. The lowest BCUT2D eigenvalue weighted by Gasteiger charge is -2.11. The summed E-state index contributed by atoms with van der Waals surface area (Å²) in [6, 6.07) is 6.04. The molecule has 5 nitrogen and oxygen atoms in total. The fraction of sp³-hybridized carbons (Fsp3) is 0.357. The maximum atomic E-state index is 5.85. The van der Waals surface area contributed by atoms with E-state index in [9.17, 15) is 0 Å². The number of hydrogen-bond donors (Lipinski definition) is 0. The number of aromatic nitrogens is 3. The number of aryl methyl sites for hydroxylation is 1. The van der Waals surface area contributed by atoms with Crippen LogP contribution in [0.3, 0.4) is 0 Å². The van der Waals surface area contributed by atoms with Crippen LogP contribution in [0.1, 0.15) is 25.0 Å². The number of benzene rings is 1. The number of rotatable bonds is 4. The first kappa shape index (κ1) is 14.5. The van der Waals surface area contributed by atoms with Crippen molar-refractivity contribution in [2.45, 2.75) is 33.8 Å². The van der Waals surface area contributed by atoms with E-state index in [0.717, 1.165) is 11.1 Å². The standard InChI is InChI=1S/C14H16ClN3O2/c1-8(2)19-13-16-12(15)17-14(18-13)20-11-7-5-6-9(3)10(11)4/h5-8H,1-4H3. The molecule has 0 aliphatic carbocycles. The molecule has 0 aliphatic rings. The topological polar surface area (TPSA) is 57.1 Å². The number of halogens is 1. The fourth-order valence-corrected chi connectivity index (χ4v) is 1.70. The van der Waals surface area contributed by atoms with E-state index in [-0.39, 0.29) is 23.4 Å². The third-order valence-electron chi connectivity index (χ3n) is 2.66. The van der Waals surface area contributed by atoms with Gasteiger partial charge in [0.25, 0.3) is 0 Å². The summed E-state index contributed by atoms with van der Waals surface area (Å²) >= 11 is 5.85. The minimum absolute atomic E-state index is 0.0379. The minimum atomic E-state index is -0.0537. The largest absolute Gasteiger partial charge is 0.461 e. The molecule has 0 saturated carbocycles. The van der Waals surface area contributed by atoms with Gasteiger partial charge in [0.2, 0.25) is 5.28 Å². The third kappa shape index (κ3) is 3.57. The number of hydrogen-bond acceptors (Lipinski definition) is 5. The summed E-state index contributed by atoms with van der Waals surface area (Å²) < 4.78 is 11.1. The van der Waals surface area contributed by atoms with Gasteiger partial charge in [-0.2, -0.15) is 9.97 Å². The molecule has 0 atom stereocenters. The molecule has 0 saturated heterocycles. The van der Waals surface area contributed by atoms with Crippen LogP contribution < -0.4 is 9.47 Å². The Balaban J connectivity index is 2.29. The summed E-state index contributed by atoms with van der Waals surface area (Å²) in [5, 5.41) is 0.0379. The van der Waals surface area contributed by atoms with Crippen molar-refractivity contribution in [3.8, 4) is 17.8 Å². The smallest absolute Gasteiger partial charge is 0.329 e. The van der Waals surface area contributed by atoms with Gasteiger partial charge in [-0.05, 0) is 56.5 Å². The van der Waals surface area contributed by atoms with Crippen LogP contribution in [-0.4, -0.2) is 21.1 Å². The van der Waals surface area contributed by atoms with Crippen molar-refractivity contribution in [2.75, 3.05) is 0 Å². The Kier molecular flexibility index (Phi) is 4.39. The van der Waals surface area contributed by atoms with E-state index >= 15 is 0 Å². The predicted molar refractivity (Wildman–Crippen MR) is 76.6 cm³/mol. The first-order valence-electron chi connectivity index (χ1n) is 6.28. The van der Waals surface area contributed by atoms with Crippen molar-refractivity contribution in [2.24, 2.45) is 0 Å². The average Bonchev–Trinajstić information content (AvgIpc) is 2.33. The van der Waals surface area contributed by atoms with E-state index in [1.165, 1.54) is 0 Å². The van der Waals surface area contributed by atoms with Crippen LogP contribution in [0, 0.1) is 13.8 Å². The van der Waals surface area contributed by atoms with Gasteiger partial charge in [0.05, 0.1) is 6.10 Å². The second-order valence-electron chi connectivity index (χ2n) is 4.64. The highest BCUT2D eigenvalue weighted by molar-refractivity contribution is 6.28. The second kappa shape index (κ2) is 6.05. The molecular formula is C14H16ClN3O2. The van der Waals surface area contributed by atoms with Gasteiger partial charge >= 0.3 is 12.0 Å². The van der Waals surface area contributed by atoms with E-state index in [1.807, 2.05) is 45.9 Å². The third-order valence-corrected chi connectivity index (χ3v) is 2.83. The number of nitrogens with zero attached hydrogens (tertiary/aromatic N) is 3. The maximum absolute atomic E-state index is 5.85. The van der Waals surface area contributed by atoms with Gasteiger partial charge in [0.15, 0.2) is 0 Å². The maximum Gasteiger partial charge on any atom is 0.329 e.